The van der Waals surface area contributed by atoms with E-state index in [1.807, 2.05) is 0 Å². The Balaban J connectivity index is 2.65. The van der Waals surface area contributed by atoms with E-state index in [2.05, 4.69) is 20.9 Å². The van der Waals surface area contributed by atoms with Crippen molar-refractivity contribution in [3.8, 4) is 0 Å². The van der Waals surface area contributed by atoms with Gasteiger partial charge in [0.2, 0.25) is 0 Å². The highest BCUT2D eigenvalue weighted by Crippen LogP contribution is 2.29. The molecule has 0 aliphatic carbocycles. The monoisotopic (exact) mass is 298 g/mol. The van der Waals surface area contributed by atoms with Crippen molar-refractivity contribution >= 4 is 35.7 Å². The average Bonchev–Trinajstić information content (AvgIpc) is 2.38. The second-order valence-electron chi connectivity index (χ2n) is 3.17. The maximum absolute atomic E-state index is 11.3. The van der Waals surface area contributed by atoms with Crippen LogP contribution in [0.2, 0.25) is 0 Å². The van der Waals surface area contributed by atoms with Gasteiger partial charge in [0.15, 0.2) is 5.03 Å². The summed E-state index contributed by atoms with van der Waals surface area (Å²) in [5, 5.41) is 0.0915. The Hall–Kier alpha value is -0.0700. The number of fused-ring (bicyclic) bond motifs is 1. The summed E-state index contributed by atoms with van der Waals surface area (Å²) in [6.45, 7) is 0.676. The van der Waals surface area contributed by atoms with Crippen molar-refractivity contribution in [2.24, 2.45) is 0 Å². The van der Waals surface area contributed by atoms with Gasteiger partial charge in [0, 0.05) is 23.6 Å². The normalized spacial score (nSPS) is 16.7. The molecule has 0 amide bonds. The first kappa shape index (κ1) is 10.4. The lowest BCUT2D eigenvalue weighted by Gasteiger charge is -2.14. The van der Waals surface area contributed by atoms with Crippen LogP contribution in [-0.4, -0.2) is 18.0 Å². The number of rotatable bonds is 1. The zero-order chi connectivity index (χ0) is 10.3. The predicted octanol–water partition coefficient (Wildman–Crippen LogP) is 1.91. The molecule has 0 aromatic carbocycles. The van der Waals surface area contributed by atoms with Crippen LogP contribution in [-0.2, 0) is 22.0 Å². The minimum atomic E-state index is -3.71. The first-order chi connectivity index (χ1) is 6.50. The summed E-state index contributed by atoms with van der Waals surface area (Å²) in [5.41, 5.74) is 0. The minimum Gasteiger partial charge on any atom is -0.317 e. The van der Waals surface area contributed by atoms with Crippen LogP contribution in [0.15, 0.2) is 9.63 Å². The van der Waals surface area contributed by atoms with Gasteiger partial charge >= 0.3 is 0 Å². The van der Waals surface area contributed by atoms with Crippen molar-refractivity contribution in [2.75, 3.05) is 0 Å². The van der Waals surface area contributed by atoms with E-state index in [1.54, 1.807) is 4.57 Å². The topological polar surface area (TPSA) is 52.0 Å². The van der Waals surface area contributed by atoms with Gasteiger partial charge in [-0.1, -0.05) is 0 Å². The van der Waals surface area contributed by atoms with Crippen molar-refractivity contribution in [3.63, 3.8) is 0 Å². The number of aromatic nitrogens is 2. The van der Waals surface area contributed by atoms with Gasteiger partial charge in [-0.3, -0.25) is 0 Å². The first-order valence-electron chi connectivity index (χ1n) is 4.19. The highest BCUT2D eigenvalue weighted by atomic mass is 79.9. The smallest absolute Gasteiger partial charge is 0.279 e. The molecular formula is C7H8BrClN2O2S. The van der Waals surface area contributed by atoms with Crippen LogP contribution < -0.4 is 0 Å². The Bertz CT molecular complexity index is 468. The predicted molar refractivity (Wildman–Crippen MR) is 55.9 cm³/mol. The van der Waals surface area contributed by atoms with E-state index in [-0.39, 0.29) is 5.03 Å². The quantitative estimate of drug-likeness (QED) is 0.744. The number of imidazole rings is 1. The molecule has 1 aliphatic heterocycles. The summed E-state index contributed by atoms with van der Waals surface area (Å²) in [5.74, 6) is 0.794. The van der Waals surface area contributed by atoms with Crippen molar-refractivity contribution in [2.45, 2.75) is 30.8 Å². The number of halogens is 2. The molecule has 0 radical (unpaired) electrons. The molecule has 1 aliphatic rings. The molecule has 0 saturated heterocycles. The van der Waals surface area contributed by atoms with Gasteiger partial charge in [0.05, 0.1) is 0 Å². The number of hydrogen-bond donors (Lipinski definition) is 0. The summed E-state index contributed by atoms with van der Waals surface area (Å²) in [6.07, 6.45) is 2.82. The van der Waals surface area contributed by atoms with Gasteiger partial charge in [-0.05, 0) is 28.8 Å². The summed E-state index contributed by atoms with van der Waals surface area (Å²) >= 11 is 3.12. The van der Waals surface area contributed by atoms with Gasteiger partial charge in [-0.15, -0.1) is 0 Å². The van der Waals surface area contributed by atoms with Crippen LogP contribution in [0.3, 0.4) is 0 Å². The summed E-state index contributed by atoms with van der Waals surface area (Å²) in [6, 6.07) is 0. The third-order valence-electron chi connectivity index (χ3n) is 2.22. The molecule has 0 bridgehead atoms. The van der Waals surface area contributed by atoms with E-state index < -0.39 is 9.05 Å². The maximum Gasteiger partial charge on any atom is 0.279 e. The van der Waals surface area contributed by atoms with Gasteiger partial charge in [0.25, 0.3) is 9.05 Å². The van der Waals surface area contributed by atoms with Gasteiger partial charge < -0.3 is 4.57 Å². The standard InChI is InChI=1S/C7H8BrClN2O2S/c8-6-7(14(9,12)13)11-4-2-1-3-5(11)10-6/h1-4H2. The third kappa shape index (κ3) is 1.70. The lowest BCUT2D eigenvalue weighted by atomic mass is 10.2. The average molecular weight is 300 g/mol. The van der Waals surface area contributed by atoms with Crippen LogP contribution in [0.4, 0.5) is 0 Å². The molecule has 1 aromatic heterocycles. The largest absolute Gasteiger partial charge is 0.317 e. The fraction of sp³-hybridized carbons (Fsp3) is 0.571. The molecule has 0 fully saturated rings. The molecule has 0 atom stereocenters. The zero-order valence-electron chi connectivity index (χ0n) is 7.20. The molecule has 1 aromatic rings. The number of nitrogens with zero attached hydrogens (tertiary/aromatic N) is 2. The van der Waals surface area contributed by atoms with E-state index >= 15 is 0 Å². The molecular weight excluding hydrogens is 292 g/mol. The summed E-state index contributed by atoms with van der Waals surface area (Å²) in [4.78, 5) is 4.13. The highest BCUT2D eigenvalue weighted by Gasteiger charge is 2.26. The SMILES string of the molecule is O=S(=O)(Cl)c1c(Br)nc2n1CCCC2. The molecule has 0 spiro atoms. The van der Waals surface area contributed by atoms with E-state index in [4.69, 9.17) is 10.7 Å². The highest BCUT2D eigenvalue weighted by molar-refractivity contribution is 9.10. The fourth-order valence-corrected chi connectivity index (χ4v) is 4.17. The fourth-order valence-electron chi connectivity index (χ4n) is 1.66. The van der Waals surface area contributed by atoms with Crippen LogP contribution in [0.1, 0.15) is 18.7 Å². The van der Waals surface area contributed by atoms with Crippen molar-refractivity contribution in [1.29, 1.82) is 0 Å². The van der Waals surface area contributed by atoms with Crippen LogP contribution in [0.5, 0.6) is 0 Å². The van der Waals surface area contributed by atoms with E-state index in [9.17, 15) is 8.42 Å². The molecule has 0 unspecified atom stereocenters. The molecule has 2 rings (SSSR count). The molecule has 0 saturated carbocycles. The lowest BCUT2D eigenvalue weighted by molar-refractivity contribution is 0.489. The number of hydrogen-bond acceptors (Lipinski definition) is 3. The molecule has 78 valence electrons. The first-order valence-corrected chi connectivity index (χ1v) is 7.30. The summed E-state index contributed by atoms with van der Waals surface area (Å²) in [7, 11) is 1.62. The molecule has 2 heterocycles. The Labute approximate surface area is 94.8 Å². The van der Waals surface area contributed by atoms with E-state index in [1.165, 1.54) is 0 Å². The lowest BCUT2D eigenvalue weighted by Crippen LogP contribution is -2.14. The van der Waals surface area contributed by atoms with Crippen LogP contribution in [0, 0.1) is 0 Å². The maximum atomic E-state index is 11.3. The Kier molecular flexibility index (Phi) is 2.61. The number of aryl methyl sites for hydroxylation is 1. The second kappa shape index (κ2) is 3.50. The van der Waals surface area contributed by atoms with Crippen molar-refractivity contribution < 1.29 is 8.42 Å². The molecule has 4 nitrogen and oxygen atoms in total. The van der Waals surface area contributed by atoms with Crippen molar-refractivity contribution in [3.05, 3.63) is 10.4 Å². The Morgan fingerprint density at radius 3 is 2.79 bits per heavy atom. The zero-order valence-corrected chi connectivity index (χ0v) is 10.4. The van der Waals surface area contributed by atoms with E-state index in [0.717, 1.165) is 25.1 Å². The van der Waals surface area contributed by atoms with Gasteiger partial charge in [-0.25, -0.2) is 13.4 Å². The van der Waals surface area contributed by atoms with E-state index in [0.29, 0.717) is 11.1 Å². The second-order valence-corrected chi connectivity index (χ2v) is 6.40. The van der Waals surface area contributed by atoms with Crippen molar-refractivity contribution in [1.82, 2.24) is 9.55 Å². The van der Waals surface area contributed by atoms with Crippen LogP contribution >= 0.6 is 26.6 Å². The molecule has 7 heteroatoms. The van der Waals surface area contributed by atoms with Gasteiger partial charge in [0.1, 0.15) is 10.4 Å². The summed E-state index contributed by atoms with van der Waals surface area (Å²) < 4.78 is 24.5. The van der Waals surface area contributed by atoms with Crippen LogP contribution in [0.25, 0.3) is 0 Å². The third-order valence-corrected chi connectivity index (χ3v) is 4.35. The molecule has 14 heavy (non-hydrogen) atoms. The Morgan fingerprint density at radius 1 is 1.43 bits per heavy atom. The minimum absolute atomic E-state index is 0.0915. The van der Waals surface area contributed by atoms with Gasteiger partial charge in [-0.2, -0.15) is 0 Å². The molecule has 0 N–H and O–H groups in total. The Morgan fingerprint density at radius 2 is 2.14 bits per heavy atom.